The number of aromatic nitrogens is 3. The van der Waals surface area contributed by atoms with Gasteiger partial charge in [-0.1, -0.05) is 18.2 Å². The second-order valence-electron chi connectivity index (χ2n) is 10.3. The molecule has 1 saturated heterocycles. The highest BCUT2D eigenvalue weighted by Crippen LogP contribution is 2.35. The summed E-state index contributed by atoms with van der Waals surface area (Å²) < 4.78 is 5.40. The van der Waals surface area contributed by atoms with E-state index in [-0.39, 0.29) is 11.7 Å². The van der Waals surface area contributed by atoms with Crippen LogP contribution in [0.5, 0.6) is 11.6 Å². The number of rotatable bonds is 7. The summed E-state index contributed by atoms with van der Waals surface area (Å²) in [6.45, 7) is 5.22. The molecule has 9 nitrogen and oxygen atoms in total. The maximum absolute atomic E-state index is 13.1. The van der Waals surface area contributed by atoms with E-state index >= 15 is 0 Å². The Morgan fingerprint density at radius 3 is 2.59 bits per heavy atom. The standard InChI is InChI=1S/C32H32N6O3/c1-37-14-16-38(17-15-37)20-21-5-9-24(10-6-21)34-31(40)23-7-11-27-28(19-23)36-30(35-27)26-18-22(8-12-29(26)39)25-4-3-13-33-32(25)41-2/h3-13,18-19,39H,14-17,20H2,1-2H3,(H,34,40)(H,35,36). The molecule has 3 N–H and O–H groups in total. The minimum atomic E-state index is -0.211. The molecular weight excluding hydrogens is 516 g/mol. The van der Waals surface area contributed by atoms with Crippen LogP contribution in [0.2, 0.25) is 0 Å². The van der Waals surface area contributed by atoms with Gasteiger partial charge in [0.2, 0.25) is 5.88 Å². The van der Waals surface area contributed by atoms with Gasteiger partial charge in [-0.15, -0.1) is 0 Å². The number of phenolic OH excluding ortho intramolecular Hbond substituents is 1. The Labute approximate surface area is 238 Å². The predicted molar refractivity (Wildman–Crippen MR) is 160 cm³/mol. The SMILES string of the molecule is COc1ncccc1-c1ccc(O)c(-c2nc3cc(C(=O)Nc4ccc(CN5CCN(C)CC5)cc4)ccc3[nH]2)c1. The minimum absolute atomic E-state index is 0.0877. The minimum Gasteiger partial charge on any atom is -0.507 e. The van der Waals surface area contributed by atoms with E-state index < -0.39 is 0 Å². The molecule has 0 unspecified atom stereocenters. The van der Waals surface area contributed by atoms with E-state index in [4.69, 9.17) is 9.72 Å². The number of hydrogen-bond acceptors (Lipinski definition) is 7. The number of aromatic hydroxyl groups is 1. The Morgan fingerprint density at radius 2 is 1.80 bits per heavy atom. The zero-order valence-electron chi connectivity index (χ0n) is 23.1. The van der Waals surface area contributed by atoms with Crippen LogP contribution in [0.1, 0.15) is 15.9 Å². The molecule has 3 aromatic carbocycles. The number of imidazole rings is 1. The summed E-state index contributed by atoms with van der Waals surface area (Å²) in [5.74, 6) is 0.867. The molecule has 6 rings (SSSR count). The summed E-state index contributed by atoms with van der Waals surface area (Å²) in [6.07, 6.45) is 1.67. The topological polar surface area (TPSA) is 107 Å². The molecule has 9 heteroatoms. The van der Waals surface area contributed by atoms with E-state index in [1.54, 1.807) is 31.5 Å². The summed E-state index contributed by atoms with van der Waals surface area (Å²) in [5.41, 5.74) is 6.02. The van der Waals surface area contributed by atoms with Crippen LogP contribution in [-0.4, -0.2) is 76.1 Å². The lowest BCUT2D eigenvalue weighted by Gasteiger charge is -2.32. The fourth-order valence-electron chi connectivity index (χ4n) is 5.10. The largest absolute Gasteiger partial charge is 0.507 e. The number of carbonyl (C=O) groups is 1. The maximum atomic E-state index is 13.1. The van der Waals surface area contributed by atoms with E-state index in [9.17, 15) is 9.90 Å². The highest BCUT2D eigenvalue weighted by Gasteiger charge is 2.16. The first-order chi connectivity index (χ1) is 20.0. The average Bonchev–Trinajstić information content (AvgIpc) is 3.43. The van der Waals surface area contributed by atoms with Crippen LogP contribution in [0.25, 0.3) is 33.5 Å². The number of hydrogen-bond donors (Lipinski definition) is 3. The van der Waals surface area contributed by atoms with Crippen LogP contribution in [-0.2, 0) is 6.54 Å². The predicted octanol–water partition coefficient (Wildman–Crippen LogP) is 5.01. The van der Waals surface area contributed by atoms with Crippen LogP contribution in [0.3, 0.4) is 0 Å². The number of anilines is 1. The molecule has 0 spiro atoms. The van der Waals surface area contributed by atoms with Gasteiger partial charge in [0.25, 0.3) is 5.91 Å². The number of aromatic amines is 1. The van der Waals surface area contributed by atoms with Crippen molar-refractivity contribution in [1.82, 2.24) is 24.8 Å². The zero-order valence-corrected chi connectivity index (χ0v) is 23.1. The fraction of sp³-hybridized carbons (Fsp3) is 0.219. The molecule has 0 radical (unpaired) electrons. The summed E-state index contributed by atoms with van der Waals surface area (Å²) in [4.78, 5) is 30.1. The second-order valence-corrected chi connectivity index (χ2v) is 10.3. The molecule has 1 aliphatic rings. The van der Waals surface area contributed by atoms with E-state index in [0.29, 0.717) is 28.3 Å². The number of phenols is 1. The Bertz CT molecular complexity index is 1690. The number of amides is 1. The van der Waals surface area contributed by atoms with Gasteiger partial charge in [-0.2, -0.15) is 0 Å². The number of fused-ring (bicyclic) bond motifs is 1. The second kappa shape index (κ2) is 11.4. The normalized spacial score (nSPS) is 14.3. The van der Waals surface area contributed by atoms with Crippen LogP contribution in [0, 0.1) is 0 Å². The van der Waals surface area contributed by atoms with Gasteiger partial charge in [0.1, 0.15) is 11.6 Å². The molecule has 0 aliphatic carbocycles. The number of ether oxygens (including phenoxy) is 1. The number of piperazine rings is 1. The number of likely N-dealkylation sites (N-methyl/N-ethyl adjacent to an activating group) is 1. The van der Waals surface area contributed by atoms with Gasteiger partial charge in [-0.25, -0.2) is 9.97 Å². The van der Waals surface area contributed by atoms with E-state index in [1.165, 1.54) is 5.56 Å². The summed E-state index contributed by atoms with van der Waals surface area (Å²) in [5, 5.41) is 13.6. The third-order valence-corrected chi connectivity index (χ3v) is 7.49. The first-order valence-corrected chi connectivity index (χ1v) is 13.6. The van der Waals surface area contributed by atoms with Crippen LogP contribution >= 0.6 is 0 Å². The lowest BCUT2D eigenvalue weighted by Crippen LogP contribution is -2.43. The number of pyridine rings is 1. The van der Waals surface area contributed by atoms with Gasteiger partial charge in [-0.05, 0) is 72.8 Å². The Hall–Kier alpha value is -4.73. The number of H-pyrrole nitrogens is 1. The third kappa shape index (κ3) is 5.77. The van der Waals surface area contributed by atoms with Crippen molar-refractivity contribution in [1.29, 1.82) is 0 Å². The van der Waals surface area contributed by atoms with E-state index in [0.717, 1.165) is 55.1 Å². The number of benzene rings is 3. The molecule has 2 aromatic heterocycles. The van der Waals surface area contributed by atoms with Gasteiger partial charge in [0, 0.05) is 55.7 Å². The average molecular weight is 549 g/mol. The van der Waals surface area contributed by atoms with Crippen molar-refractivity contribution in [3.63, 3.8) is 0 Å². The lowest BCUT2D eigenvalue weighted by molar-refractivity contribution is 0.102. The molecule has 0 bridgehead atoms. The summed E-state index contributed by atoms with van der Waals surface area (Å²) in [7, 11) is 3.73. The number of carbonyl (C=O) groups excluding carboxylic acids is 1. The van der Waals surface area contributed by atoms with Crippen molar-refractivity contribution < 1.29 is 14.6 Å². The van der Waals surface area contributed by atoms with Gasteiger partial charge in [0.15, 0.2) is 0 Å². The summed E-state index contributed by atoms with van der Waals surface area (Å²) in [6, 6.07) is 22.4. The van der Waals surface area contributed by atoms with Gasteiger partial charge < -0.3 is 25.0 Å². The van der Waals surface area contributed by atoms with Crippen molar-refractivity contribution in [3.05, 3.63) is 90.1 Å². The van der Waals surface area contributed by atoms with Crippen molar-refractivity contribution in [2.24, 2.45) is 0 Å². The summed E-state index contributed by atoms with van der Waals surface area (Å²) >= 11 is 0. The van der Waals surface area contributed by atoms with Crippen LogP contribution in [0.15, 0.2) is 79.0 Å². The first-order valence-electron chi connectivity index (χ1n) is 13.6. The Morgan fingerprint density at radius 1 is 1.00 bits per heavy atom. The van der Waals surface area contributed by atoms with Gasteiger partial charge in [0.05, 0.1) is 23.7 Å². The monoisotopic (exact) mass is 548 g/mol. The molecule has 5 aromatic rings. The van der Waals surface area contributed by atoms with Crippen molar-refractivity contribution in [2.75, 3.05) is 45.7 Å². The zero-order chi connectivity index (χ0) is 28.3. The lowest BCUT2D eigenvalue weighted by atomic mass is 10.0. The molecule has 208 valence electrons. The third-order valence-electron chi connectivity index (χ3n) is 7.49. The molecule has 1 amide bonds. The van der Waals surface area contributed by atoms with Crippen molar-refractivity contribution in [3.8, 4) is 34.1 Å². The molecule has 0 atom stereocenters. The van der Waals surface area contributed by atoms with Gasteiger partial charge in [-0.3, -0.25) is 9.69 Å². The maximum Gasteiger partial charge on any atom is 0.255 e. The van der Waals surface area contributed by atoms with E-state index in [1.807, 2.05) is 42.5 Å². The van der Waals surface area contributed by atoms with Crippen molar-refractivity contribution >= 4 is 22.6 Å². The van der Waals surface area contributed by atoms with E-state index in [2.05, 4.69) is 44.3 Å². The van der Waals surface area contributed by atoms with Gasteiger partial charge >= 0.3 is 0 Å². The molecule has 0 saturated carbocycles. The molecular formula is C32H32N6O3. The van der Waals surface area contributed by atoms with Crippen LogP contribution < -0.4 is 10.1 Å². The molecule has 1 aliphatic heterocycles. The highest BCUT2D eigenvalue weighted by molar-refractivity contribution is 6.06. The van der Waals surface area contributed by atoms with Crippen LogP contribution in [0.4, 0.5) is 5.69 Å². The quantitative estimate of drug-likeness (QED) is 0.263. The Kier molecular flexibility index (Phi) is 7.37. The molecule has 3 heterocycles. The number of nitrogens with zero attached hydrogens (tertiary/aromatic N) is 4. The highest BCUT2D eigenvalue weighted by atomic mass is 16.5. The molecule has 1 fully saturated rings. The Balaban J connectivity index is 1.18. The smallest absolute Gasteiger partial charge is 0.255 e. The molecule has 41 heavy (non-hydrogen) atoms. The number of nitrogens with one attached hydrogen (secondary N) is 2. The number of methoxy groups -OCH3 is 1. The fourth-order valence-corrected chi connectivity index (χ4v) is 5.10. The van der Waals surface area contributed by atoms with Crippen molar-refractivity contribution in [2.45, 2.75) is 6.54 Å². The first kappa shape index (κ1) is 26.5.